The summed E-state index contributed by atoms with van der Waals surface area (Å²) in [5.74, 6) is 0.548. The molecule has 2 aliphatic rings. The van der Waals surface area contributed by atoms with Crippen molar-refractivity contribution >= 4 is 5.91 Å². The van der Waals surface area contributed by atoms with E-state index in [-0.39, 0.29) is 30.2 Å². The minimum Gasteiger partial charge on any atom is -0.497 e. The first kappa shape index (κ1) is 18.8. The van der Waals surface area contributed by atoms with Crippen molar-refractivity contribution in [2.45, 2.75) is 24.3 Å². The van der Waals surface area contributed by atoms with E-state index < -0.39 is 0 Å². The van der Waals surface area contributed by atoms with Gasteiger partial charge < -0.3 is 19.5 Å². The number of hydrogen-bond donors (Lipinski definition) is 1. The van der Waals surface area contributed by atoms with E-state index in [4.69, 9.17) is 14.2 Å². The molecule has 0 aliphatic carbocycles. The number of carbonyl (C=O) groups excluding carboxylic acids is 1. The second-order valence-electron chi connectivity index (χ2n) is 7.42. The summed E-state index contributed by atoms with van der Waals surface area (Å²) in [5, 5.41) is 11.6. The molecule has 0 unspecified atom stereocenters. The first-order valence-corrected chi connectivity index (χ1v) is 9.88. The Morgan fingerprint density at radius 2 is 1.83 bits per heavy atom. The second kappa shape index (κ2) is 7.89. The van der Waals surface area contributed by atoms with E-state index >= 15 is 0 Å². The molecule has 0 spiro atoms. The van der Waals surface area contributed by atoms with E-state index in [1.807, 2.05) is 36.5 Å². The lowest BCUT2D eigenvalue weighted by Gasteiger charge is -2.18. The lowest BCUT2D eigenvalue weighted by molar-refractivity contribution is 0.0613. The minimum atomic E-state index is -0.221. The second-order valence-corrected chi connectivity index (χ2v) is 7.42. The molecule has 1 aromatic heterocycles. The van der Waals surface area contributed by atoms with Crippen molar-refractivity contribution in [3.8, 4) is 17.0 Å². The number of methoxy groups -OCH3 is 1. The maximum atomic E-state index is 12.6. The van der Waals surface area contributed by atoms with Crippen molar-refractivity contribution in [3.05, 3.63) is 66.4 Å². The van der Waals surface area contributed by atoms with Gasteiger partial charge in [0.05, 0.1) is 32.6 Å². The van der Waals surface area contributed by atoms with Gasteiger partial charge in [0.25, 0.3) is 5.91 Å². The number of ether oxygens (including phenoxy) is 3. The highest BCUT2D eigenvalue weighted by atomic mass is 16.6. The van der Waals surface area contributed by atoms with Crippen LogP contribution in [0.3, 0.4) is 0 Å². The molecule has 2 fully saturated rings. The fourth-order valence-corrected chi connectivity index (χ4v) is 4.00. The fraction of sp³-hybridized carbons (Fsp3) is 0.318. The van der Waals surface area contributed by atoms with Crippen LogP contribution in [-0.2, 0) is 9.47 Å². The highest BCUT2D eigenvalue weighted by molar-refractivity contribution is 5.94. The van der Waals surface area contributed by atoms with Crippen LogP contribution in [0, 0.1) is 0 Å². The molecule has 8 nitrogen and oxygen atoms in total. The molecule has 2 saturated heterocycles. The average Bonchev–Trinajstić information content (AvgIpc) is 3.52. The number of fused-ring (bicyclic) bond motifs is 1. The Balaban J connectivity index is 1.26. The third-order valence-electron chi connectivity index (χ3n) is 5.62. The SMILES string of the molecule is COc1ccc(C(=O)N[C@H]2CO[C@H]3[C@@H]2OC[C@@H]3n2cc(-c3ccccc3)nn2)cc1. The number of hydrogen-bond acceptors (Lipinski definition) is 6. The van der Waals surface area contributed by atoms with Crippen molar-refractivity contribution in [1.82, 2.24) is 20.3 Å². The third-order valence-corrected chi connectivity index (χ3v) is 5.62. The Hall–Kier alpha value is -3.23. The van der Waals surface area contributed by atoms with Crippen molar-refractivity contribution in [2.75, 3.05) is 20.3 Å². The Kier molecular flexibility index (Phi) is 4.94. The lowest BCUT2D eigenvalue weighted by atomic mass is 10.1. The maximum Gasteiger partial charge on any atom is 0.251 e. The third kappa shape index (κ3) is 3.44. The van der Waals surface area contributed by atoms with Gasteiger partial charge in [0.2, 0.25) is 0 Å². The molecular formula is C22H22N4O4. The number of nitrogens with one attached hydrogen (secondary N) is 1. The largest absolute Gasteiger partial charge is 0.497 e. The van der Waals surface area contributed by atoms with Crippen molar-refractivity contribution in [3.63, 3.8) is 0 Å². The van der Waals surface area contributed by atoms with Crippen LogP contribution in [0.2, 0.25) is 0 Å². The number of rotatable bonds is 5. The summed E-state index contributed by atoms with van der Waals surface area (Å²) >= 11 is 0. The minimum absolute atomic E-state index is 0.0807. The summed E-state index contributed by atoms with van der Waals surface area (Å²) in [6.45, 7) is 0.857. The number of nitrogens with zero attached hydrogens (tertiary/aromatic N) is 3. The quantitative estimate of drug-likeness (QED) is 0.698. The zero-order valence-electron chi connectivity index (χ0n) is 16.5. The molecule has 3 heterocycles. The lowest BCUT2D eigenvalue weighted by Crippen LogP contribution is -2.44. The summed E-state index contributed by atoms with van der Waals surface area (Å²) in [5.41, 5.74) is 2.38. The molecule has 2 aromatic carbocycles. The first-order valence-electron chi connectivity index (χ1n) is 9.88. The molecule has 30 heavy (non-hydrogen) atoms. The molecule has 2 aliphatic heterocycles. The van der Waals surface area contributed by atoms with Gasteiger partial charge in [-0.25, -0.2) is 4.68 Å². The normalized spacial score (nSPS) is 25.1. The summed E-state index contributed by atoms with van der Waals surface area (Å²) in [4.78, 5) is 12.6. The van der Waals surface area contributed by atoms with Crippen molar-refractivity contribution < 1.29 is 19.0 Å². The fourth-order valence-electron chi connectivity index (χ4n) is 4.00. The van der Waals surface area contributed by atoms with Gasteiger partial charge in [-0.15, -0.1) is 5.10 Å². The Morgan fingerprint density at radius 3 is 2.60 bits per heavy atom. The van der Waals surface area contributed by atoms with Gasteiger partial charge >= 0.3 is 0 Å². The molecule has 0 saturated carbocycles. The monoisotopic (exact) mass is 406 g/mol. The van der Waals surface area contributed by atoms with Crippen LogP contribution < -0.4 is 10.1 Å². The zero-order valence-corrected chi connectivity index (χ0v) is 16.5. The molecule has 0 bridgehead atoms. The molecule has 3 aromatic rings. The Labute approximate surface area is 173 Å². The summed E-state index contributed by atoms with van der Waals surface area (Å²) in [6.07, 6.45) is 1.51. The van der Waals surface area contributed by atoms with Crippen LogP contribution in [0.15, 0.2) is 60.8 Å². The van der Waals surface area contributed by atoms with Crippen LogP contribution in [0.1, 0.15) is 16.4 Å². The summed E-state index contributed by atoms with van der Waals surface area (Å²) in [7, 11) is 1.59. The molecule has 154 valence electrons. The molecule has 0 radical (unpaired) electrons. The standard InChI is InChI=1S/C22H22N4O4/c1-28-16-9-7-15(8-10-16)22(27)23-18-12-29-21-19(13-30-20(18)21)26-11-17(24-25-26)14-5-3-2-4-6-14/h2-11,18-21H,12-13H2,1H3,(H,23,27)/t18-,19-,20+,21+/m0/s1. The van der Waals surface area contributed by atoms with Crippen LogP contribution in [-0.4, -0.2) is 59.5 Å². The molecule has 8 heteroatoms. The van der Waals surface area contributed by atoms with Crippen molar-refractivity contribution in [1.29, 1.82) is 0 Å². The van der Waals surface area contributed by atoms with Gasteiger partial charge in [-0.05, 0) is 24.3 Å². The predicted octanol–water partition coefficient (Wildman–Crippen LogP) is 2.09. The van der Waals surface area contributed by atoms with E-state index in [9.17, 15) is 4.79 Å². The van der Waals surface area contributed by atoms with Gasteiger partial charge in [0.1, 0.15) is 29.7 Å². The molecular weight excluding hydrogens is 384 g/mol. The van der Waals surface area contributed by atoms with Crippen LogP contribution in [0.25, 0.3) is 11.3 Å². The number of amides is 1. The maximum absolute atomic E-state index is 12.6. The number of benzene rings is 2. The Bertz CT molecular complexity index is 1020. The van der Waals surface area contributed by atoms with Crippen LogP contribution in [0.5, 0.6) is 5.75 Å². The van der Waals surface area contributed by atoms with E-state index in [1.54, 1.807) is 36.1 Å². The van der Waals surface area contributed by atoms with E-state index in [0.717, 1.165) is 11.3 Å². The van der Waals surface area contributed by atoms with Gasteiger partial charge in [-0.2, -0.15) is 0 Å². The Morgan fingerprint density at radius 1 is 1.07 bits per heavy atom. The summed E-state index contributed by atoms with van der Waals surface area (Å²) < 4.78 is 18.9. The number of carbonyl (C=O) groups is 1. The zero-order chi connectivity index (χ0) is 20.5. The predicted molar refractivity (Wildman–Crippen MR) is 108 cm³/mol. The van der Waals surface area contributed by atoms with Gasteiger partial charge in [0.15, 0.2) is 0 Å². The topological polar surface area (TPSA) is 87.5 Å². The molecule has 1 N–H and O–H groups in total. The highest BCUT2D eigenvalue weighted by Gasteiger charge is 2.49. The van der Waals surface area contributed by atoms with Crippen LogP contribution >= 0.6 is 0 Å². The van der Waals surface area contributed by atoms with E-state index in [2.05, 4.69) is 15.6 Å². The number of aromatic nitrogens is 3. The van der Waals surface area contributed by atoms with Gasteiger partial charge in [0, 0.05) is 11.1 Å². The van der Waals surface area contributed by atoms with Crippen LogP contribution in [0.4, 0.5) is 0 Å². The molecule has 4 atom stereocenters. The van der Waals surface area contributed by atoms with E-state index in [1.165, 1.54) is 0 Å². The summed E-state index contributed by atoms with van der Waals surface area (Å²) in [6, 6.07) is 16.6. The average molecular weight is 406 g/mol. The molecule has 5 rings (SSSR count). The van der Waals surface area contributed by atoms with Crippen molar-refractivity contribution in [2.24, 2.45) is 0 Å². The smallest absolute Gasteiger partial charge is 0.251 e. The highest BCUT2D eigenvalue weighted by Crippen LogP contribution is 2.34. The van der Waals surface area contributed by atoms with Gasteiger partial charge in [-0.3, -0.25) is 4.79 Å². The molecule has 1 amide bonds. The first-order chi connectivity index (χ1) is 14.7. The van der Waals surface area contributed by atoms with Gasteiger partial charge in [-0.1, -0.05) is 35.5 Å². The van der Waals surface area contributed by atoms with E-state index in [0.29, 0.717) is 24.5 Å².